The highest BCUT2D eigenvalue weighted by molar-refractivity contribution is 6.37. The molecule has 106 valence electrons. The first-order chi connectivity index (χ1) is 9.65. The van der Waals surface area contributed by atoms with Gasteiger partial charge in [0.05, 0.1) is 16.7 Å². The molecule has 2 rings (SSSR count). The third kappa shape index (κ3) is 3.32. The van der Waals surface area contributed by atoms with Crippen molar-refractivity contribution >= 4 is 40.5 Å². The third-order valence-electron chi connectivity index (χ3n) is 2.64. The number of ether oxygens (including phenoxy) is 1. The zero-order chi connectivity index (χ0) is 14.5. The second-order valence-electron chi connectivity index (χ2n) is 4.01. The van der Waals surface area contributed by atoms with E-state index in [1.165, 1.54) is 0 Å². The molecule has 0 aliphatic heterocycles. The Morgan fingerprint density at radius 2 is 1.90 bits per heavy atom. The van der Waals surface area contributed by atoms with Gasteiger partial charge in [0.15, 0.2) is 11.6 Å². The highest BCUT2D eigenvalue weighted by Gasteiger charge is 2.10. The van der Waals surface area contributed by atoms with Crippen molar-refractivity contribution < 1.29 is 4.74 Å². The smallest absolute Gasteiger partial charge is 0.161 e. The number of nitrogens with two attached hydrogens (primary N) is 1. The molecule has 1 aromatic carbocycles. The minimum atomic E-state index is 0.350. The number of para-hydroxylation sites is 1. The Kier molecular flexibility index (Phi) is 5.03. The molecule has 7 heteroatoms. The summed E-state index contributed by atoms with van der Waals surface area (Å²) in [6.45, 7) is 0.483. The number of nitrogens with zero attached hydrogens (tertiary/aromatic N) is 1. The number of aromatic nitrogens is 1. The van der Waals surface area contributed by atoms with Crippen molar-refractivity contribution in [2.45, 2.75) is 6.61 Å². The van der Waals surface area contributed by atoms with Crippen molar-refractivity contribution in [1.82, 2.24) is 4.98 Å². The van der Waals surface area contributed by atoms with E-state index in [-0.39, 0.29) is 0 Å². The standard InChI is InChI=1S/C13H14Cl2N4O/c1-20-7-8-4-2-3-5-11(8)17-12-9(14)6-10(15)13(18-12)19-16/h2-6H,7,16H2,1H3,(H2,17,18,19). The van der Waals surface area contributed by atoms with Gasteiger partial charge in [-0.25, -0.2) is 10.8 Å². The summed E-state index contributed by atoms with van der Waals surface area (Å²) in [4.78, 5) is 4.23. The Labute approximate surface area is 127 Å². The monoisotopic (exact) mass is 312 g/mol. The molecule has 20 heavy (non-hydrogen) atoms. The second-order valence-corrected chi connectivity index (χ2v) is 4.82. The van der Waals surface area contributed by atoms with Crippen molar-refractivity contribution in [3.05, 3.63) is 45.9 Å². The van der Waals surface area contributed by atoms with Gasteiger partial charge in [-0.2, -0.15) is 0 Å². The lowest BCUT2D eigenvalue weighted by molar-refractivity contribution is 0.185. The van der Waals surface area contributed by atoms with Crippen LogP contribution in [0.5, 0.6) is 0 Å². The molecule has 0 fully saturated rings. The zero-order valence-electron chi connectivity index (χ0n) is 10.8. The Balaban J connectivity index is 2.35. The number of benzene rings is 1. The number of hydrogen-bond acceptors (Lipinski definition) is 5. The molecule has 1 aromatic heterocycles. The van der Waals surface area contributed by atoms with Crippen LogP contribution in [-0.2, 0) is 11.3 Å². The fraction of sp³-hybridized carbons (Fsp3) is 0.154. The van der Waals surface area contributed by atoms with E-state index in [0.29, 0.717) is 28.3 Å². The number of hydrazine groups is 1. The Hall–Kier alpha value is -1.53. The lowest BCUT2D eigenvalue weighted by Gasteiger charge is -2.13. The molecule has 0 aliphatic rings. The van der Waals surface area contributed by atoms with Crippen LogP contribution in [0.1, 0.15) is 5.56 Å². The molecule has 0 amide bonds. The minimum absolute atomic E-state index is 0.350. The maximum Gasteiger partial charge on any atom is 0.161 e. The van der Waals surface area contributed by atoms with Crippen molar-refractivity contribution in [3.63, 3.8) is 0 Å². The molecule has 0 bridgehead atoms. The first-order valence-electron chi connectivity index (χ1n) is 5.82. The van der Waals surface area contributed by atoms with Crippen LogP contribution in [0.4, 0.5) is 17.3 Å². The van der Waals surface area contributed by atoms with Crippen LogP contribution >= 0.6 is 23.2 Å². The van der Waals surface area contributed by atoms with E-state index in [1.54, 1.807) is 13.2 Å². The summed E-state index contributed by atoms with van der Waals surface area (Å²) in [5.74, 6) is 6.17. The van der Waals surface area contributed by atoms with E-state index in [9.17, 15) is 0 Å². The molecule has 1 heterocycles. The van der Waals surface area contributed by atoms with Gasteiger partial charge in [-0.3, -0.25) is 0 Å². The van der Waals surface area contributed by atoms with Crippen molar-refractivity contribution in [2.75, 3.05) is 17.9 Å². The molecule has 0 spiro atoms. The van der Waals surface area contributed by atoms with Gasteiger partial charge in [0.2, 0.25) is 0 Å². The zero-order valence-corrected chi connectivity index (χ0v) is 12.3. The van der Waals surface area contributed by atoms with Gasteiger partial charge in [-0.05, 0) is 12.1 Å². The van der Waals surface area contributed by atoms with Crippen molar-refractivity contribution in [2.24, 2.45) is 5.84 Å². The summed E-state index contributed by atoms with van der Waals surface area (Å²) in [6, 6.07) is 9.29. The van der Waals surface area contributed by atoms with Crippen LogP contribution in [0.2, 0.25) is 10.0 Å². The van der Waals surface area contributed by atoms with Crippen molar-refractivity contribution in [1.29, 1.82) is 0 Å². The van der Waals surface area contributed by atoms with Crippen LogP contribution in [0.15, 0.2) is 30.3 Å². The normalized spacial score (nSPS) is 10.4. The van der Waals surface area contributed by atoms with Gasteiger partial charge in [0.1, 0.15) is 0 Å². The highest BCUT2D eigenvalue weighted by atomic mass is 35.5. The van der Waals surface area contributed by atoms with E-state index in [0.717, 1.165) is 11.3 Å². The van der Waals surface area contributed by atoms with Gasteiger partial charge < -0.3 is 15.5 Å². The van der Waals surface area contributed by atoms with E-state index in [1.807, 2.05) is 24.3 Å². The summed E-state index contributed by atoms with van der Waals surface area (Å²) in [5.41, 5.74) is 4.27. The van der Waals surface area contributed by atoms with Gasteiger partial charge in [0, 0.05) is 18.4 Å². The first-order valence-corrected chi connectivity index (χ1v) is 6.57. The number of nitrogens with one attached hydrogen (secondary N) is 2. The Morgan fingerprint density at radius 3 is 2.60 bits per heavy atom. The molecular formula is C13H14Cl2N4O. The van der Waals surface area contributed by atoms with E-state index < -0.39 is 0 Å². The molecule has 5 nitrogen and oxygen atoms in total. The average Bonchev–Trinajstić information content (AvgIpc) is 2.44. The van der Waals surface area contributed by atoms with Gasteiger partial charge in [-0.15, -0.1) is 0 Å². The molecule has 4 N–H and O–H groups in total. The molecule has 0 saturated carbocycles. The van der Waals surface area contributed by atoms with Crippen LogP contribution in [0.3, 0.4) is 0 Å². The minimum Gasteiger partial charge on any atom is -0.380 e. The number of rotatable bonds is 5. The fourth-order valence-electron chi connectivity index (χ4n) is 1.71. The molecule has 0 radical (unpaired) electrons. The average molecular weight is 313 g/mol. The Morgan fingerprint density at radius 1 is 1.20 bits per heavy atom. The largest absolute Gasteiger partial charge is 0.380 e. The predicted molar refractivity (Wildman–Crippen MR) is 82.5 cm³/mol. The summed E-state index contributed by atoms with van der Waals surface area (Å²) in [6.07, 6.45) is 0. The van der Waals surface area contributed by atoms with E-state index in [4.69, 9.17) is 33.8 Å². The topological polar surface area (TPSA) is 72.2 Å². The molecule has 2 aromatic rings. The van der Waals surface area contributed by atoms with Crippen molar-refractivity contribution in [3.8, 4) is 0 Å². The molecular weight excluding hydrogens is 299 g/mol. The first kappa shape index (κ1) is 14.9. The van der Waals surface area contributed by atoms with Crippen LogP contribution in [-0.4, -0.2) is 12.1 Å². The summed E-state index contributed by atoms with van der Waals surface area (Å²) in [7, 11) is 1.64. The van der Waals surface area contributed by atoms with Gasteiger partial charge >= 0.3 is 0 Å². The number of hydrogen-bond donors (Lipinski definition) is 3. The molecule has 0 aliphatic carbocycles. The summed E-state index contributed by atoms with van der Waals surface area (Å²) < 4.78 is 5.15. The molecule has 0 unspecified atom stereocenters. The van der Waals surface area contributed by atoms with E-state index >= 15 is 0 Å². The van der Waals surface area contributed by atoms with E-state index in [2.05, 4.69) is 15.7 Å². The van der Waals surface area contributed by atoms with Crippen LogP contribution in [0, 0.1) is 0 Å². The van der Waals surface area contributed by atoms with Crippen LogP contribution < -0.4 is 16.6 Å². The summed E-state index contributed by atoms with van der Waals surface area (Å²) >= 11 is 12.1. The fourth-order valence-corrected chi connectivity index (χ4v) is 2.17. The number of pyridine rings is 1. The second kappa shape index (κ2) is 6.76. The maximum absolute atomic E-state index is 6.13. The molecule has 0 saturated heterocycles. The number of halogens is 2. The Bertz CT molecular complexity index is 607. The number of methoxy groups -OCH3 is 1. The SMILES string of the molecule is COCc1ccccc1Nc1nc(NN)c(Cl)cc1Cl. The molecule has 0 atom stereocenters. The third-order valence-corrected chi connectivity index (χ3v) is 3.21. The van der Waals surface area contributed by atoms with Crippen LogP contribution in [0.25, 0.3) is 0 Å². The quantitative estimate of drug-likeness (QED) is 0.581. The number of anilines is 3. The van der Waals surface area contributed by atoms with Gasteiger partial charge in [-0.1, -0.05) is 41.4 Å². The maximum atomic E-state index is 6.13. The predicted octanol–water partition coefficient (Wildman–Crippen LogP) is 3.56. The summed E-state index contributed by atoms with van der Waals surface area (Å²) in [5, 5.41) is 3.91. The highest BCUT2D eigenvalue weighted by Crippen LogP contribution is 2.31. The van der Waals surface area contributed by atoms with Gasteiger partial charge in [0.25, 0.3) is 0 Å². The lowest BCUT2D eigenvalue weighted by atomic mass is 10.2. The number of nitrogen functional groups attached to an aromatic ring is 1. The lowest BCUT2D eigenvalue weighted by Crippen LogP contribution is -2.10.